The zero-order valence-electron chi connectivity index (χ0n) is 10.4. The van der Waals surface area contributed by atoms with Crippen LogP contribution in [0.5, 0.6) is 0 Å². The molecular formula is C12H12ClFN4O2. The van der Waals surface area contributed by atoms with Crippen LogP contribution in [-0.4, -0.2) is 21.2 Å². The van der Waals surface area contributed by atoms with Gasteiger partial charge < -0.3 is 5.32 Å². The molecule has 0 aliphatic heterocycles. The molecule has 0 aliphatic carbocycles. The second-order valence-corrected chi connectivity index (χ2v) is 4.50. The SMILES string of the molecule is O=[N+]([O-])c1cc(Cl)c(F)cc1NCCCn1cccn1. The van der Waals surface area contributed by atoms with E-state index in [-0.39, 0.29) is 16.4 Å². The summed E-state index contributed by atoms with van der Waals surface area (Å²) >= 11 is 5.54. The molecule has 0 saturated heterocycles. The van der Waals surface area contributed by atoms with Gasteiger partial charge in [-0.15, -0.1) is 0 Å². The van der Waals surface area contributed by atoms with Crippen LogP contribution in [0.3, 0.4) is 0 Å². The van der Waals surface area contributed by atoms with Gasteiger partial charge in [0.25, 0.3) is 5.69 Å². The number of anilines is 1. The maximum atomic E-state index is 13.3. The molecule has 8 heteroatoms. The lowest BCUT2D eigenvalue weighted by atomic mass is 10.2. The molecule has 0 aliphatic rings. The molecule has 1 aromatic carbocycles. The highest BCUT2D eigenvalue weighted by molar-refractivity contribution is 6.31. The fourth-order valence-corrected chi connectivity index (χ4v) is 1.88. The van der Waals surface area contributed by atoms with Crippen LogP contribution in [-0.2, 0) is 6.54 Å². The predicted octanol–water partition coefficient (Wildman–Crippen LogP) is 3.09. The normalized spacial score (nSPS) is 10.5. The smallest absolute Gasteiger partial charge is 0.294 e. The Balaban J connectivity index is 1.98. The maximum absolute atomic E-state index is 13.3. The van der Waals surface area contributed by atoms with Gasteiger partial charge in [0.2, 0.25) is 0 Å². The maximum Gasteiger partial charge on any atom is 0.294 e. The van der Waals surface area contributed by atoms with Gasteiger partial charge in [0.1, 0.15) is 11.5 Å². The standard InChI is InChI=1S/C12H12ClFN4O2/c13-9-7-12(18(19)20)11(8-10(9)14)15-3-1-5-17-6-2-4-16-17/h2,4,6-8,15H,1,3,5H2. The van der Waals surface area contributed by atoms with Crippen molar-refractivity contribution in [3.63, 3.8) is 0 Å². The first-order valence-corrected chi connectivity index (χ1v) is 6.30. The minimum Gasteiger partial charge on any atom is -0.379 e. The van der Waals surface area contributed by atoms with E-state index < -0.39 is 10.7 Å². The van der Waals surface area contributed by atoms with E-state index >= 15 is 0 Å². The van der Waals surface area contributed by atoms with E-state index in [0.717, 1.165) is 12.1 Å². The largest absolute Gasteiger partial charge is 0.379 e. The molecule has 0 atom stereocenters. The monoisotopic (exact) mass is 298 g/mol. The number of aromatic nitrogens is 2. The van der Waals surface area contributed by atoms with Gasteiger partial charge in [0.05, 0.1) is 9.95 Å². The van der Waals surface area contributed by atoms with E-state index in [1.54, 1.807) is 10.9 Å². The van der Waals surface area contributed by atoms with Crippen LogP contribution in [0.15, 0.2) is 30.6 Å². The Hall–Kier alpha value is -2.15. The second-order valence-electron chi connectivity index (χ2n) is 4.09. The molecule has 0 fully saturated rings. The molecule has 6 nitrogen and oxygen atoms in total. The van der Waals surface area contributed by atoms with Crippen LogP contribution < -0.4 is 5.32 Å². The average molecular weight is 299 g/mol. The van der Waals surface area contributed by atoms with Crippen molar-refractivity contribution in [1.29, 1.82) is 0 Å². The van der Waals surface area contributed by atoms with Crippen LogP contribution in [0, 0.1) is 15.9 Å². The Labute approximate surface area is 119 Å². The molecule has 0 spiro atoms. The molecule has 20 heavy (non-hydrogen) atoms. The van der Waals surface area contributed by atoms with E-state index in [4.69, 9.17) is 11.6 Å². The zero-order valence-corrected chi connectivity index (χ0v) is 11.2. The quantitative estimate of drug-likeness (QED) is 0.505. The number of nitrogens with zero attached hydrogens (tertiary/aromatic N) is 3. The van der Waals surface area contributed by atoms with Gasteiger partial charge in [-0.3, -0.25) is 14.8 Å². The Morgan fingerprint density at radius 3 is 2.95 bits per heavy atom. The van der Waals surface area contributed by atoms with Crippen LogP contribution >= 0.6 is 11.6 Å². The number of nitro groups is 1. The molecule has 0 saturated carbocycles. The molecule has 0 radical (unpaired) electrons. The fraction of sp³-hybridized carbons (Fsp3) is 0.250. The van der Waals surface area contributed by atoms with E-state index in [2.05, 4.69) is 10.4 Å². The first-order chi connectivity index (χ1) is 9.58. The Bertz CT molecular complexity index is 604. The molecule has 0 bridgehead atoms. The van der Waals surface area contributed by atoms with Crippen molar-refractivity contribution in [2.45, 2.75) is 13.0 Å². The van der Waals surface area contributed by atoms with E-state index in [0.29, 0.717) is 19.5 Å². The van der Waals surface area contributed by atoms with Crippen molar-refractivity contribution in [3.05, 3.63) is 51.5 Å². The number of benzene rings is 1. The van der Waals surface area contributed by atoms with E-state index in [1.165, 1.54) is 0 Å². The summed E-state index contributed by atoms with van der Waals surface area (Å²) in [6.45, 7) is 1.13. The van der Waals surface area contributed by atoms with Gasteiger partial charge in [-0.25, -0.2) is 4.39 Å². The molecule has 2 aromatic rings. The van der Waals surface area contributed by atoms with Crippen LogP contribution in [0.4, 0.5) is 15.8 Å². The van der Waals surface area contributed by atoms with Crippen molar-refractivity contribution in [1.82, 2.24) is 9.78 Å². The summed E-state index contributed by atoms with van der Waals surface area (Å²) in [5.41, 5.74) is -0.118. The first kappa shape index (κ1) is 14.3. The highest BCUT2D eigenvalue weighted by Crippen LogP contribution is 2.30. The molecule has 1 heterocycles. The third kappa shape index (κ3) is 3.45. The highest BCUT2D eigenvalue weighted by atomic mass is 35.5. The third-order valence-electron chi connectivity index (χ3n) is 2.67. The lowest BCUT2D eigenvalue weighted by Gasteiger charge is -2.08. The first-order valence-electron chi connectivity index (χ1n) is 5.92. The molecule has 106 valence electrons. The van der Waals surface area contributed by atoms with Crippen LogP contribution in [0.2, 0.25) is 5.02 Å². The summed E-state index contributed by atoms with van der Waals surface area (Å²) in [5, 5.41) is 17.5. The van der Waals surface area contributed by atoms with Crippen molar-refractivity contribution in [2.75, 3.05) is 11.9 Å². The summed E-state index contributed by atoms with van der Waals surface area (Å²) < 4.78 is 15.1. The minimum atomic E-state index is -0.688. The third-order valence-corrected chi connectivity index (χ3v) is 2.96. The second kappa shape index (κ2) is 6.33. The Morgan fingerprint density at radius 1 is 1.50 bits per heavy atom. The van der Waals surface area contributed by atoms with Gasteiger partial charge in [0, 0.05) is 37.6 Å². The molecule has 1 aromatic heterocycles. The Kier molecular flexibility index (Phi) is 4.52. The topological polar surface area (TPSA) is 73.0 Å². The predicted molar refractivity (Wildman–Crippen MR) is 73.4 cm³/mol. The number of hydrogen-bond donors (Lipinski definition) is 1. The molecule has 0 unspecified atom stereocenters. The van der Waals surface area contributed by atoms with Gasteiger partial charge in [0.15, 0.2) is 0 Å². The summed E-state index contributed by atoms with van der Waals surface area (Å²) in [4.78, 5) is 10.3. The zero-order chi connectivity index (χ0) is 14.5. The highest BCUT2D eigenvalue weighted by Gasteiger charge is 2.17. The van der Waals surface area contributed by atoms with Crippen LogP contribution in [0.25, 0.3) is 0 Å². The molecule has 2 rings (SSSR count). The average Bonchev–Trinajstić information content (AvgIpc) is 2.91. The summed E-state index contributed by atoms with van der Waals surface area (Å²) in [7, 11) is 0. The fourth-order valence-electron chi connectivity index (χ4n) is 1.73. The number of halogens is 2. The number of nitrogens with one attached hydrogen (secondary N) is 1. The van der Waals surface area contributed by atoms with Crippen molar-refractivity contribution in [2.24, 2.45) is 0 Å². The van der Waals surface area contributed by atoms with Gasteiger partial charge in [-0.1, -0.05) is 11.6 Å². The Morgan fingerprint density at radius 2 is 2.30 bits per heavy atom. The molecule has 1 N–H and O–H groups in total. The van der Waals surface area contributed by atoms with Gasteiger partial charge in [-0.2, -0.15) is 5.10 Å². The summed E-state index contributed by atoms with van der Waals surface area (Å²) in [5.74, 6) is -0.688. The van der Waals surface area contributed by atoms with Crippen molar-refractivity contribution < 1.29 is 9.31 Å². The minimum absolute atomic E-state index is 0.123. The lowest BCUT2D eigenvalue weighted by molar-refractivity contribution is -0.384. The van der Waals surface area contributed by atoms with E-state index in [9.17, 15) is 14.5 Å². The van der Waals surface area contributed by atoms with E-state index in [1.807, 2.05) is 12.3 Å². The number of nitro benzene ring substituents is 1. The molecular weight excluding hydrogens is 287 g/mol. The summed E-state index contributed by atoms with van der Waals surface area (Å²) in [6, 6.07) is 3.86. The van der Waals surface area contributed by atoms with Crippen molar-refractivity contribution >= 4 is 23.0 Å². The van der Waals surface area contributed by atoms with Crippen LogP contribution in [0.1, 0.15) is 6.42 Å². The molecule has 0 amide bonds. The number of aryl methyl sites for hydroxylation is 1. The summed E-state index contributed by atoms with van der Waals surface area (Å²) in [6.07, 6.45) is 4.19. The van der Waals surface area contributed by atoms with Gasteiger partial charge >= 0.3 is 0 Å². The number of hydrogen-bond acceptors (Lipinski definition) is 4. The van der Waals surface area contributed by atoms with Gasteiger partial charge in [-0.05, 0) is 12.5 Å². The number of rotatable bonds is 6. The van der Waals surface area contributed by atoms with Crippen molar-refractivity contribution in [3.8, 4) is 0 Å². The lowest BCUT2D eigenvalue weighted by Crippen LogP contribution is -2.08.